The zero-order valence-electron chi connectivity index (χ0n) is 8.63. The second-order valence-corrected chi connectivity index (χ2v) is 4.68. The average molecular weight is 187 g/mol. The van der Waals surface area contributed by atoms with Gasteiger partial charge in [0.05, 0.1) is 6.54 Å². The van der Waals surface area contributed by atoms with Crippen molar-refractivity contribution < 1.29 is 0 Å². The van der Waals surface area contributed by atoms with Crippen LogP contribution in [-0.2, 0) is 0 Å². The Morgan fingerprint density at radius 3 is 2.93 bits per heavy atom. The third-order valence-electron chi connectivity index (χ3n) is 3.83. The first-order valence-electron chi connectivity index (χ1n) is 5.86. The molecule has 0 saturated heterocycles. The number of aliphatic imine (C=N–C) groups is 1. The number of nitrogens with zero attached hydrogens (tertiary/aromatic N) is 1. The molecule has 0 amide bonds. The van der Waals surface area contributed by atoms with Crippen LogP contribution in [0.3, 0.4) is 0 Å². The monoisotopic (exact) mass is 187 g/mol. The number of allylic oxidation sites excluding steroid dienone is 3. The van der Waals surface area contributed by atoms with E-state index in [2.05, 4.69) is 11.1 Å². The van der Waals surface area contributed by atoms with E-state index in [0.717, 1.165) is 12.5 Å². The third-order valence-corrected chi connectivity index (χ3v) is 3.83. The largest absolute Gasteiger partial charge is 0.289 e. The summed E-state index contributed by atoms with van der Waals surface area (Å²) in [4.78, 5) is 4.46. The van der Waals surface area contributed by atoms with Crippen LogP contribution in [0.15, 0.2) is 27.8 Å². The Balaban J connectivity index is 2.08. The molecule has 3 rings (SSSR count). The van der Waals surface area contributed by atoms with Gasteiger partial charge < -0.3 is 0 Å². The lowest BCUT2D eigenvalue weighted by atomic mass is 9.72. The summed E-state index contributed by atoms with van der Waals surface area (Å²) in [5.74, 6) is 0.889. The zero-order chi connectivity index (χ0) is 9.38. The minimum Gasteiger partial charge on any atom is -0.289 e. The fraction of sp³-hybridized carbons (Fsp3) is 0.615. The van der Waals surface area contributed by atoms with Crippen molar-refractivity contribution in [3.8, 4) is 0 Å². The summed E-state index contributed by atoms with van der Waals surface area (Å²) < 4.78 is 0. The highest BCUT2D eigenvalue weighted by Gasteiger charge is 2.28. The van der Waals surface area contributed by atoms with Crippen LogP contribution in [0, 0.1) is 5.92 Å². The summed E-state index contributed by atoms with van der Waals surface area (Å²) in [5, 5.41) is 0. The van der Waals surface area contributed by atoms with Gasteiger partial charge in [-0.3, -0.25) is 4.99 Å². The molecule has 0 bridgehead atoms. The first kappa shape index (κ1) is 8.46. The van der Waals surface area contributed by atoms with Gasteiger partial charge in [-0.2, -0.15) is 0 Å². The number of rotatable bonds is 0. The van der Waals surface area contributed by atoms with Crippen LogP contribution in [0.25, 0.3) is 0 Å². The van der Waals surface area contributed by atoms with Crippen LogP contribution in [0.2, 0.25) is 0 Å². The lowest BCUT2D eigenvalue weighted by Crippen LogP contribution is -2.19. The van der Waals surface area contributed by atoms with Crippen LogP contribution in [0.4, 0.5) is 0 Å². The lowest BCUT2D eigenvalue weighted by molar-refractivity contribution is 0.429. The van der Waals surface area contributed by atoms with Gasteiger partial charge in [-0.05, 0) is 67.2 Å². The van der Waals surface area contributed by atoms with E-state index >= 15 is 0 Å². The lowest BCUT2D eigenvalue weighted by Gasteiger charge is -2.33. The molecule has 1 atom stereocenters. The molecule has 1 heterocycles. The van der Waals surface area contributed by atoms with Gasteiger partial charge >= 0.3 is 0 Å². The van der Waals surface area contributed by atoms with Crippen LogP contribution in [0.1, 0.15) is 38.5 Å². The van der Waals surface area contributed by atoms with Crippen LogP contribution in [-0.4, -0.2) is 12.8 Å². The van der Waals surface area contributed by atoms with E-state index in [1.54, 1.807) is 16.7 Å². The summed E-state index contributed by atoms with van der Waals surface area (Å²) in [6.07, 6.45) is 12.5. The van der Waals surface area contributed by atoms with Crippen LogP contribution >= 0.6 is 0 Å². The van der Waals surface area contributed by atoms with Gasteiger partial charge in [-0.25, -0.2) is 0 Å². The van der Waals surface area contributed by atoms with E-state index < -0.39 is 0 Å². The maximum atomic E-state index is 4.46. The molecule has 1 fully saturated rings. The highest BCUT2D eigenvalue weighted by atomic mass is 14.7. The molecule has 1 aliphatic heterocycles. The first-order valence-corrected chi connectivity index (χ1v) is 5.86. The Kier molecular flexibility index (Phi) is 2.04. The summed E-state index contributed by atoms with van der Waals surface area (Å²) >= 11 is 0. The fourth-order valence-electron chi connectivity index (χ4n) is 3.22. The maximum Gasteiger partial charge on any atom is 0.0605 e. The molecule has 0 radical (unpaired) electrons. The van der Waals surface area contributed by atoms with Crippen LogP contribution in [0.5, 0.6) is 0 Å². The normalized spacial score (nSPS) is 30.9. The first-order chi connectivity index (χ1) is 6.95. The van der Waals surface area contributed by atoms with Crippen molar-refractivity contribution in [3.63, 3.8) is 0 Å². The third kappa shape index (κ3) is 1.26. The average Bonchev–Trinajstić information content (AvgIpc) is 2.44. The van der Waals surface area contributed by atoms with Crippen molar-refractivity contribution in [2.75, 3.05) is 6.54 Å². The van der Waals surface area contributed by atoms with Crippen molar-refractivity contribution in [1.82, 2.24) is 0 Å². The fourth-order valence-corrected chi connectivity index (χ4v) is 3.22. The molecule has 2 aliphatic carbocycles. The summed E-state index contributed by atoms with van der Waals surface area (Å²) in [6.45, 7) is 0.978. The van der Waals surface area contributed by atoms with Crippen molar-refractivity contribution >= 4 is 6.21 Å². The Labute approximate surface area is 85.6 Å². The second kappa shape index (κ2) is 3.38. The molecule has 0 aromatic rings. The molecule has 1 unspecified atom stereocenters. The summed E-state index contributed by atoms with van der Waals surface area (Å²) in [6, 6.07) is 0. The molecule has 74 valence electrons. The minimum atomic E-state index is 0.889. The zero-order valence-corrected chi connectivity index (χ0v) is 8.63. The smallest absolute Gasteiger partial charge is 0.0605 e. The molecule has 1 heteroatoms. The molecule has 3 aliphatic rings. The van der Waals surface area contributed by atoms with Gasteiger partial charge in [0.25, 0.3) is 0 Å². The van der Waals surface area contributed by atoms with Gasteiger partial charge in [0.1, 0.15) is 0 Å². The summed E-state index contributed by atoms with van der Waals surface area (Å²) in [5.41, 5.74) is 4.98. The molecule has 0 spiro atoms. The topological polar surface area (TPSA) is 12.4 Å². The minimum absolute atomic E-state index is 0.889. The van der Waals surface area contributed by atoms with E-state index in [1.165, 1.54) is 38.5 Å². The molecule has 14 heavy (non-hydrogen) atoms. The van der Waals surface area contributed by atoms with Gasteiger partial charge in [0.2, 0.25) is 0 Å². The van der Waals surface area contributed by atoms with E-state index in [1.807, 2.05) is 6.21 Å². The standard InChI is InChI=1S/C13H17N/c1-3-10-4-2-6-12-9-14-8-7-11(5-1)13(10)12/h7-8,10H,1-6,9H2. The van der Waals surface area contributed by atoms with Gasteiger partial charge in [0.15, 0.2) is 0 Å². The van der Waals surface area contributed by atoms with Crippen molar-refractivity contribution in [2.24, 2.45) is 10.9 Å². The van der Waals surface area contributed by atoms with Gasteiger partial charge in [0, 0.05) is 6.21 Å². The quantitative estimate of drug-likeness (QED) is 0.552. The van der Waals surface area contributed by atoms with E-state index in [4.69, 9.17) is 0 Å². The molecule has 1 saturated carbocycles. The molecule has 0 N–H and O–H groups in total. The highest BCUT2D eigenvalue weighted by Crippen LogP contribution is 2.43. The summed E-state index contributed by atoms with van der Waals surface area (Å²) in [7, 11) is 0. The number of hydrogen-bond acceptors (Lipinski definition) is 1. The maximum absolute atomic E-state index is 4.46. The molecule has 0 aromatic carbocycles. The molecule has 0 aromatic heterocycles. The Morgan fingerprint density at radius 2 is 2.00 bits per heavy atom. The van der Waals surface area contributed by atoms with Crippen molar-refractivity contribution in [1.29, 1.82) is 0 Å². The highest BCUT2D eigenvalue weighted by molar-refractivity contribution is 5.75. The second-order valence-electron chi connectivity index (χ2n) is 4.68. The van der Waals surface area contributed by atoms with Crippen molar-refractivity contribution in [3.05, 3.63) is 22.8 Å². The Bertz CT molecular complexity index is 333. The van der Waals surface area contributed by atoms with Gasteiger partial charge in [-0.15, -0.1) is 0 Å². The van der Waals surface area contributed by atoms with E-state index in [-0.39, 0.29) is 0 Å². The molecule has 1 nitrogen and oxygen atoms in total. The SMILES string of the molecule is C1=NCC2=C3C(=C1)CCCC3CCC2. The predicted octanol–water partition coefficient (Wildman–Crippen LogP) is 3.28. The van der Waals surface area contributed by atoms with Gasteiger partial charge in [-0.1, -0.05) is 0 Å². The number of hydrogen-bond donors (Lipinski definition) is 0. The Morgan fingerprint density at radius 1 is 1.14 bits per heavy atom. The molecular weight excluding hydrogens is 170 g/mol. The predicted molar refractivity (Wildman–Crippen MR) is 59.7 cm³/mol. The molecular formula is C13H17N. The Hall–Kier alpha value is -0.850. The van der Waals surface area contributed by atoms with Crippen molar-refractivity contribution in [2.45, 2.75) is 38.5 Å². The van der Waals surface area contributed by atoms with E-state index in [9.17, 15) is 0 Å². The van der Waals surface area contributed by atoms with Crippen LogP contribution < -0.4 is 0 Å². The van der Waals surface area contributed by atoms with E-state index in [0.29, 0.717) is 0 Å².